The van der Waals surface area contributed by atoms with Crippen molar-refractivity contribution in [2.45, 2.75) is 31.7 Å². The SMILES string of the molecule is CC(c1ccc(C(F)(F)F)cc1)N1CC[C@@H](O)C1. The summed E-state index contributed by atoms with van der Waals surface area (Å²) in [7, 11) is 0. The van der Waals surface area contributed by atoms with Crippen molar-refractivity contribution in [3.8, 4) is 0 Å². The number of hydrogen-bond acceptors (Lipinski definition) is 2. The fourth-order valence-corrected chi connectivity index (χ4v) is 2.28. The maximum atomic E-state index is 12.4. The van der Waals surface area contributed by atoms with Gasteiger partial charge in [0, 0.05) is 19.1 Å². The molecular formula is C13H16F3NO. The van der Waals surface area contributed by atoms with Gasteiger partial charge in [-0.1, -0.05) is 12.1 Å². The first-order chi connectivity index (χ1) is 8.38. The van der Waals surface area contributed by atoms with E-state index in [0.717, 1.165) is 30.7 Å². The van der Waals surface area contributed by atoms with Crippen LogP contribution in [0.15, 0.2) is 24.3 Å². The molecule has 0 bridgehead atoms. The van der Waals surface area contributed by atoms with Crippen LogP contribution in [-0.4, -0.2) is 29.2 Å². The molecule has 0 aliphatic carbocycles. The molecule has 0 radical (unpaired) electrons. The molecule has 2 nitrogen and oxygen atoms in total. The Kier molecular flexibility index (Phi) is 3.64. The van der Waals surface area contributed by atoms with Gasteiger partial charge in [-0.2, -0.15) is 13.2 Å². The predicted octanol–water partition coefficient (Wildman–Crippen LogP) is 2.83. The van der Waals surface area contributed by atoms with Gasteiger partial charge in [0.1, 0.15) is 0 Å². The average molecular weight is 259 g/mol. The smallest absolute Gasteiger partial charge is 0.392 e. The molecule has 1 aliphatic heterocycles. The quantitative estimate of drug-likeness (QED) is 0.882. The van der Waals surface area contributed by atoms with Crippen LogP contribution in [0.3, 0.4) is 0 Å². The summed E-state index contributed by atoms with van der Waals surface area (Å²) in [6.45, 7) is 3.31. The van der Waals surface area contributed by atoms with E-state index in [2.05, 4.69) is 4.90 Å². The number of benzene rings is 1. The summed E-state index contributed by atoms with van der Waals surface area (Å²) in [5, 5.41) is 9.46. The van der Waals surface area contributed by atoms with E-state index >= 15 is 0 Å². The first kappa shape index (κ1) is 13.4. The van der Waals surface area contributed by atoms with Crippen LogP contribution in [0.4, 0.5) is 13.2 Å². The van der Waals surface area contributed by atoms with E-state index in [4.69, 9.17) is 0 Å². The monoisotopic (exact) mass is 259 g/mol. The van der Waals surface area contributed by atoms with Gasteiger partial charge in [-0.15, -0.1) is 0 Å². The van der Waals surface area contributed by atoms with Crippen LogP contribution in [0, 0.1) is 0 Å². The van der Waals surface area contributed by atoms with Crippen molar-refractivity contribution in [3.63, 3.8) is 0 Å². The predicted molar refractivity (Wildman–Crippen MR) is 62.1 cm³/mol. The number of nitrogens with zero attached hydrogens (tertiary/aromatic N) is 1. The lowest BCUT2D eigenvalue weighted by Gasteiger charge is -2.24. The molecule has 0 amide bonds. The highest BCUT2D eigenvalue weighted by molar-refractivity contribution is 5.26. The minimum absolute atomic E-state index is 0.0319. The van der Waals surface area contributed by atoms with Crippen LogP contribution in [0.1, 0.15) is 30.5 Å². The van der Waals surface area contributed by atoms with Gasteiger partial charge in [-0.25, -0.2) is 0 Å². The van der Waals surface area contributed by atoms with Gasteiger partial charge < -0.3 is 5.11 Å². The molecule has 5 heteroatoms. The van der Waals surface area contributed by atoms with Crippen molar-refractivity contribution in [3.05, 3.63) is 35.4 Å². The molecule has 1 unspecified atom stereocenters. The second kappa shape index (κ2) is 4.90. The fraction of sp³-hybridized carbons (Fsp3) is 0.538. The summed E-state index contributed by atoms with van der Waals surface area (Å²) in [4.78, 5) is 2.08. The Balaban J connectivity index is 2.10. The zero-order chi connectivity index (χ0) is 13.3. The third kappa shape index (κ3) is 2.84. The summed E-state index contributed by atoms with van der Waals surface area (Å²) < 4.78 is 37.3. The van der Waals surface area contributed by atoms with E-state index in [1.165, 1.54) is 12.1 Å². The Labute approximate surface area is 104 Å². The first-order valence-corrected chi connectivity index (χ1v) is 5.97. The highest BCUT2D eigenvalue weighted by Gasteiger charge is 2.31. The summed E-state index contributed by atoms with van der Waals surface area (Å²) in [6, 6.07) is 5.27. The van der Waals surface area contributed by atoms with Crippen molar-refractivity contribution >= 4 is 0 Å². The van der Waals surface area contributed by atoms with Gasteiger partial charge >= 0.3 is 6.18 Å². The molecular weight excluding hydrogens is 243 g/mol. The lowest BCUT2D eigenvalue weighted by atomic mass is 10.0. The summed E-state index contributed by atoms with van der Waals surface area (Å²) in [6.07, 6.45) is -3.88. The first-order valence-electron chi connectivity index (χ1n) is 5.97. The van der Waals surface area contributed by atoms with Crippen molar-refractivity contribution < 1.29 is 18.3 Å². The van der Waals surface area contributed by atoms with Crippen LogP contribution in [0.5, 0.6) is 0 Å². The molecule has 1 aliphatic rings. The number of likely N-dealkylation sites (tertiary alicyclic amines) is 1. The number of aliphatic hydroxyl groups excluding tert-OH is 1. The second-order valence-electron chi connectivity index (χ2n) is 4.73. The molecule has 1 fully saturated rings. The van der Waals surface area contributed by atoms with E-state index in [1.54, 1.807) is 0 Å². The fourth-order valence-electron chi connectivity index (χ4n) is 2.28. The van der Waals surface area contributed by atoms with Crippen LogP contribution in [-0.2, 0) is 6.18 Å². The number of hydrogen-bond donors (Lipinski definition) is 1. The molecule has 1 aromatic rings. The zero-order valence-corrected chi connectivity index (χ0v) is 10.1. The summed E-state index contributed by atoms with van der Waals surface area (Å²) in [5.74, 6) is 0. The maximum Gasteiger partial charge on any atom is 0.416 e. The number of rotatable bonds is 2. The van der Waals surface area contributed by atoms with Crippen LogP contribution in [0.2, 0.25) is 0 Å². The number of β-amino-alcohol motifs (C(OH)–C–C–N with tert-alkyl or cyclic N) is 1. The van der Waals surface area contributed by atoms with Crippen LogP contribution in [0.25, 0.3) is 0 Å². The molecule has 1 aromatic carbocycles. The lowest BCUT2D eigenvalue weighted by molar-refractivity contribution is -0.137. The third-order valence-corrected chi connectivity index (χ3v) is 3.46. The van der Waals surface area contributed by atoms with Gasteiger partial charge in [-0.3, -0.25) is 4.90 Å². The Morgan fingerprint density at radius 3 is 2.33 bits per heavy atom. The molecule has 100 valence electrons. The number of alkyl halides is 3. The average Bonchev–Trinajstić information content (AvgIpc) is 2.74. The highest BCUT2D eigenvalue weighted by atomic mass is 19.4. The van der Waals surface area contributed by atoms with Crippen molar-refractivity contribution in [1.82, 2.24) is 4.90 Å². The summed E-state index contributed by atoms with van der Waals surface area (Å²) in [5.41, 5.74) is 0.219. The van der Waals surface area contributed by atoms with Crippen LogP contribution < -0.4 is 0 Å². The van der Waals surface area contributed by atoms with Gasteiger partial charge in [-0.05, 0) is 31.0 Å². The Morgan fingerprint density at radius 1 is 1.28 bits per heavy atom. The Morgan fingerprint density at radius 2 is 1.89 bits per heavy atom. The molecule has 2 rings (SSSR count). The normalized spacial score (nSPS) is 23.3. The highest BCUT2D eigenvalue weighted by Crippen LogP contribution is 2.31. The minimum Gasteiger partial charge on any atom is -0.392 e. The third-order valence-electron chi connectivity index (χ3n) is 3.46. The van der Waals surface area contributed by atoms with Crippen LogP contribution >= 0.6 is 0 Å². The van der Waals surface area contributed by atoms with E-state index in [-0.39, 0.29) is 12.1 Å². The second-order valence-corrected chi connectivity index (χ2v) is 4.73. The van der Waals surface area contributed by atoms with Crippen molar-refractivity contribution in [2.24, 2.45) is 0 Å². The Bertz CT molecular complexity index is 402. The van der Waals surface area contributed by atoms with Gasteiger partial charge in [0.15, 0.2) is 0 Å². The molecule has 0 aromatic heterocycles. The van der Waals surface area contributed by atoms with Crippen molar-refractivity contribution in [2.75, 3.05) is 13.1 Å². The maximum absolute atomic E-state index is 12.4. The minimum atomic E-state index is -4.29. The van der Waals surface area contributed by atoms with Crippen molar-refractivity contribution in [1.29, 1.82) is 0 Å². The van der Waals surface area contributed by atoms with Gasteiger partial charge in [0.05, 0.1) is 11.7 Å². The Hall–Kier alpha value is -1.07. The van der Waals surface area contributed by atoms with E-state index in [0.29, 0.717) is 6.54 Å². The molecule has 2 atom stereocenters. The molecule has 18 heavy (non-hydrogen) atoms. The zero-order valence-electron chi connectivity index (χ0n) is 10.1. The molecule has 1 saturated heterocycles. The number of halogens is 3. The van der Waals surface area contributed by atoms with E-state index in [1.807, 2.05) is 6.92 Å². The van der Waals surface area contributed by atoms with E-state index < -0.39 is 11.7 Å². The number of aliphatic hydroxyl groups is 1. The largest absolute Gasteiger partial charge is 0.416 e. The van der Waals surface area contributed by atoms with E-state index in [9.17, 15) is 18.3 Å². The van der Waals surface area contributed by atoms with Gasteiger partial charge in [0.25, 0.3) is 0 Å². The molecule has 0 saturated carbocycles. The molecule has 0 spiro atoms. The lowest BCUT2D eigenvalue weighted by Crippen LogP contribution is -2.25. The standard InChI is InChI=1S/C13H16F3NO/c1-9(17-7-6-12(18)8-17)10-2-4-11(5-3-10)13(14,15)16/h2-5,9,12,18H,6-8H2,1H3/t9?,12-/m1/s1. The topological polar surface area (TPSA) is 23.5 Å². The van der Waals surface area contributed by atoms with Gasteiger partial charge in [0.2, 0.25) is 0 Å². The molecule has 1 N–H and O–H groups in total. The molecule has 1 heterocycles. The summed E-state index contributed by atoms with van der Waals surface area (Å²) >= 11 is 0.